The molecule has 25 heavy (non-hydrogen) atoms. The number of fused-ring (bicyclic) bond motifs is 1. The van der Waals surface area contributed by atoms with Crippen LogP contribution < -0.4 is 0 Å². The number of unbranched alkanes of at least 4 members (excludes halogenated alkanes) is 1. The standard InChI is InChI=1S/C19H30N4O2/c1-2-18-20-9-7-16(21-18)14-22-11-8-17-15(13-22)5-6-19(25)23(17)10-3-4-12-24/h7,9,15,17,24H,2-6,8,10-14H2,1H3/t15-,17+/m0/s1. The van der Waals surface area contributed by atoms with Crippen molar-refractivity contribution in [3.05, 3.63) is 23.8 Å². The lowest BCUT2D eigenvalue weighted by molar-refractivity contribution is -0.141. The maximum absolute atomic E-state index is 12.3. The lowest BCUT2D eigenvalue weighted by atomic mass is 9.83. The van der Waals surface area contributed by atoms with Crippen LogP contribution in [0.2, 0.25) is 0 Å². The molecular formula is C19H30N4O2. The zero-order chi connectivity index (χ0) is 17.6. The van der Waals surface area contributed by atoms with Crippen LogP contribution in [0.25, 0.3) is 0 Å². The number of aromatic nitrogens is 2. The number of rotatable bonds is 7. The zero-order valence-corrected chi connectivity index (χ0v) is 15.2. The number of carbonyl (C=O) groups is 1. The van der Waals surface area contributed by atoms with Crippen LogP contribution in [0.5, 0.6) is 0 Å². The topological polar surface area (TPSA) is 69.6 Å². The van der Waals surface area contributed by atoms with Gasteiger partial charge in [-0.15, -0.1) is 0 Å². The molecule has 2 fully saturated rings. The van der Waals surface area contributed by atoms with Crippen molar-refractivity contribution in [2.75, 3.05) is 26.2 Å². The van der Waals surface area contributed by atoms with Crippen LogP contribution in [-0.2, 0) is 17.8 Å². The zero-order valence-electron chi connectivity index (χ0n) is 15.2. The highest BCUT2D eigenvalue weighted by Crippen LogP contribution is 2.32. The Bertz CT molecular complexity index is 580. The minimum atomic E-state index is 0.211. The van der Waals surface area contributed by atoms with Crippen molar-refractivity contribution in [2.24, 2.45) is 5.92 Å². The highest BCUT2D eigenvalue weighted by molar-refractivity contribution is 5.77. The van der Waals surface area contributed by atoms with E-state index in [0.717, 1.165) is 69.8 Å². The monoisotopic (exact) mass is 346 g/mol. The van der Waals surface area contributed by atoms with Crippen LogP contribution in [-0.4, -0.2) is 63.1 Å². The van der Waals surface area contributed by atoms with Gasteiger partial charge in [0.05, 0.1) is 5.69 Å². The van der Waals surface area contributed by atoms with Crippen LogP contribution in [0.3, 0.4) is 0 Å². The summed E-state index contributed by atoms with van der Waals surface area (Å²) in [6, 6.07) is 2.39. The van der Waals surface area contributed by atoms with Gasteiger partial charge in [0.2, 0.25) is 5.91 Å². The molecule has 2 aliphatic heterocycles. The van der Waals surface area contributed by atoms with E-state index in [9.17, 15) is 4.79 Å². The number of aryl methyl sites for hydroxylation is 1. The molecule has 0 saturated carbocycles. The van der Waals surface area contributed by atoms with Gasteiger partial charge in [-0.3, -0.25) is 9.69 Å². The molecule has 0 bridgehead atoms. The highest BCUT2D eigenvalue weighted by atomic mass is 16.3. The number of nitrogens with zero attached hydrogens (tertiary/aromatic N) is 4. The normalized spacial score (nSPS) is 24.4. The maximum atomic E-state index is 12.3. The Morgan fingerprint density at radius 1 is 1.32 bits per heavy atom. The quantitative estimate of drug-likeness (QED) is 0.760. The third-order valence-electron chi connectivity index (χ3n) is 5.50. The number of carbonyl (C=O) groups excluding carboxylic acids is 1. The second-order valence-corrected chi connectivity index (χ2v) is 7.23. The Morgan fingerprint density at radius 3 is 3.00 bits per heavy atom. The average Bonchev–Trinajstić information content (AvgIpc) is 2.64. The van der Waals surface area contributed by atoms with E-state index in [1.165, 1.54) is 0 Å². The van der Waals surface area contributed by atoms with Crippen molar-refractivity contribution in [3.63, 3.8) is 0 Å². The molecule has 0 spiro atoms. The first-order chi connectivity index (χ1) is 12.2. The maximum Gasteiger partial charge on any atom is 0.222 e. The van der Waals surface area contributed by atoms with Crippen molar-refractivity contribution >= 4 is 5.91 Å². The van der Waals surface area contributed by atoms with E-state index in [-0.39, 0.29) is 6.61 Å². The van der Waals surface area contributed by atoms with Gasteiger partial charge >= 0.3 is 0 Å². The third-order valence-corrected chi connectivity index (χ3v) is 5.50. The van der Waals surface area contributed by atoms with Gasteiger partial charge in [-0.25, -0.2) is 9.97 Å². The average molecular weight is 346 g/mol. The molecule has 2 atom stereocenters. The van der Waals surface area contributed by atoms with E-state index in [2.05, 4.69) is 26.7 Å². The summed E-state index contributed by atoms with van der Waals surface area (Å²) in [7, 11) is 0. The summed E-state index contributed by atoms with van der Waals surface area (Å²) in [6.45, 7) is 6.01. The first-order valence-corrected chi connectivity index (χ1v) is 9.64. The molecule has 1 N–H and O–H groups in total. The van der Waals surface area contributed by atoms with Gasteiger partial charge in [-0.2, -0.15) is 0 Å². The molecule has 1 amide bonds. The van der Waals surface area contributed by atoms with Crippen molar-refractivity contribution in [2.45, 2.75) is 58.0 Å². The van der Waals surface area contributed by atoms with Gasteiger partial charge in [0.15, 0.2) is 0 Å². The van der Waals surface area contributed by atoms with E-state index in [4.69, 9.17) is 5.11 Å². The fraction of sp³-hybridized carbons (Fsp3) is 0.737. The lowest BCUT2D eigenvalue weighted by Gasteiger charge is -2.47. The fourth-order valence-electron chi connectivity index (χ4n) is 4.18. The molecule has 3 heterocycles. The molecule has 6 nitrogen and oxygen atoms in total. The lowest BCUT2D eigenvalue weighted by Crippen LogP contribution is -2.56. The molecule has 0 aromatic carbocycles. The van der Waals surface area contributed by atoms with Crippen molar-refractivity contribution in [1.82, 2.24) is 19.8 Å². The summed E-state index contributed by atoms with van der Waals surface area (Å²) >= 11 is 0. The Hall–Kier alpha value is -1.53. The van der Waals surface area contributed by atoms with E-state index in [1.54, 1.807) is 0 Å². The van der Waals surface area contributed by atoms with Crippen LogP contribution in [0.15, 0.2) is 12.3 Å². The molecule has 6 heteroatoms. The SMILES string of the molecule is CCc1nccc(CN2CC[C@@H]3[C@@H](CCC(=O)N3CCCCO)C2)n1. The van der Waals surface area contributed by atoms with E-state index in [0.29, 0.717) is 24.3 Å². The molecule has 1 aromatic rings. The number of aliphatic hydroxyl groups excluding tert-OH is 1. The fourth-order valence-corrected chi connectivity index (χ4v) is 4.18. The van der Waals surface area contributed by atoms with Gasteiger partial charge in [0.1, 0.15) is 5.82 Å². The van der Waals surface area contributed by atoms with Crippen LogP contribution in [0, 0.1) is 5.92 Å². The van der Waals surface area contributed by atoms with Gasteiger partial charge in [0, 0.05) is 57.9 Å². The first-order valence-electron chi connectivity index (χ1n) is 9.64. The largest absolute Gasteiger partial charge is 0.396 e. The second kappa shape index (κ2) is 8.72. The molecule has 0 unspecified atom stereocenters. The second-order valence-electron chi connectivity index (χ2n) is 7.23. The Morgan fingerprint density at radius 2 is 2.20 bits per heavy atom. The van der Waals surface area contributed by atoms with Gasteiger partial charge in [0.25, 0.3) is 0 Å². The third kappa shape index (κ3) is 4.55. The minimum absolute atomic E-state index is 0.211. The summed E-state index contributed by atoms with van der Waals surface area (Å²) in [6.07, 6.45) is 7.11. The molecule has 1 aromatic heterocycles. The van der Waals surface area contributed by atoms with Crippen molar-refractivity contribution in [1.29, 1.82) is 0 Å². The Balaban J connectivity index is 1.58. The molecule has 138 valence electrons. The summed E-state index contributed by atoms with van der Waals surface area (Å²) in [5.41, 5.74) is 1.09. The first kappa shape index (κ1) is 18.3. The molecular weight excluding hydrogens is 316 g/mol. The van der Waals surface area contributed by atoms with Crippen LogP contribution >= 0.6 is 0 Å². The van der Waals surface area contributed by atoms with E-state index >= 15 is 0 Å². The molecule has 3 rings (SSSR count). The summed E-state index contributed by atoms with van der Waals surface area (Å²) < 4.78 is 0. The van der Waals surface area contributed by atoms with Gasteiger partial charge in [-0.05, 0) is 37.7 Å². The molecule has 2 aliphatic rings. The number of hydrogen-bond donors (Lipinski definition) is 1. The summed E-state index contributed by atoms with van der Waals surface area (Å²) in [5.74, 6) is 1.77. The van der Waals surface area contributed by atoms with Gasteiger partial charge in [-0.1, -0.05) is 6.92 Å². The Labute approximate surface area is 150 Å². The number of hydrogen-bond acceptors (Lipinski definition) is 5. The summed E-state index contributed by atoms with van der Waals surface area (Å²) in [5, 5.41) is 8.99. The number of likely N-dealkylation sites (tertiary alicyclic amines) is 2. The smallest absolute Gasteiger partial charge is 0.222 e. The Kier molecular flexibility index (Phi) is 6.37. The highest BCUT2D eigenvalue weighted by Gasteiger charge is 2.38. The summed E-state index contributed by atoms with van der Waals surface area (Å²) in [4.78, 5) is 25.8. The predicted octanol–water partition coefficient (Wildman–Crippen LogP) is 1.62. The van der Waals surface area contributed by atoms with Gasteiger partial charge < -0.3 is 10.0 Å². The van der Waals surface area contributed by atoms with Crippen molar-refractivity contribution in [3.8, 4) is 0 Å². The number of amides is 1. The number of aliphatic hydroxyl groups is 1. The minimum Gasteiger partial charge on any atom is -0.396 e. The molecule has 0 radical (unpaired) electrons. The number of piperidine rings is 2. The van der Waals surface area contributed by atoms with Crippen molar-refractivity contribution < 1.29 is 9.90 Å². The van der Waals surface area contributed by atoms with Crippen LogP contribution in [0.4, 0.5) is 0 Å². The molecule has 0 aliphatic carbocycles. The van der Waals surface area contributed by atoms with E-state index in [1.807, 2.05) is 12.3 Å². The van der Waals surface area contributed by atoms with Crippen LogP contribution in [0.1, 0.15) is 50.5 Å². The van der Waals surface area contributed by atoms with E-state index < -0.39 is 0 Å². The molecule has 2 saturated heterocycles. The predicted molar refractivity (Wildman–Crippen MR) is 95.8 cm³/mol.